The molecule has 0 atom stereocenters. The number of amides is 1. The van der Waals surface area contributed by atoms with Gasteiger partial charge in [-0.3, -0.25) is 9.10 Å². The molecular formula is C29H27N3O6S. The summed E-state index contributed by atoms with van der Waals surface area (Å²) in [5.41, 5.74) is 4.08. The Morgan fingerprint density at radius 2 is 1.62 bits per heavy atom. The first-order valence-electron chi connectivity index (χ1n) is 11.8. The van der Waals surface area contributed by atoms with E-state index < -0.39 is 15.9 Å². The number of carbonyl (C=O) groups excluding carboxylic acids is 1. The normalized spacial score (nSPS) is 11.2. The fourth-order valence-corrected chi connectivity index (χ4v) is 5.28. The van der Waals surface area contributed by atoms with E-state index in [1.54, 1.807) is 42.5 Å². The summed E-state index contributed by atoms with van der Waals surface area (Å²) >= 11 is 0. The monoisotopic (exact) mass is 545 g/mol. The molecule has 4 aromatic rings. The van der Waals surface area contributed by atoms with E-state index in [9.17, 15) is 18.3 Å². The van der Waals surface area contributed by atoms with Crippen molar-refractivity contribution in [1.29, 1.82) is 0 Å². The molecule has 4 rings (SSSR count). The molecule has 0 bridgehead atoms. The third-order valence-electron chi connectivity index (χ3n) is 5.82. The van der Waals surface area contributed by atoms with Crippen molar-refractivity contribution in [1.82, 2.24) is 5.43 Å². The number of nitrogens with zero attached hydrogens (tertiary/aromatic N) is 2. The summed E-state index contributed by atoms with van der Waals surface area (Å²) in [4.78, 5) is 13.3. The van der Waals surface area contributed by atoms with Crippen LogP contribution >= 0.6 is 0 Å². The molecular weight excluding hydrogens is 518 g/mol. The van der Waals surface area contributed by atoms with Gasteiger partial charge in [-0.15, -0.1) is 0 Å². The molecule has 0 aliphatic heterocycles. The minimum absolute atomic E-state index is 0.00390. The Morgan fingerprint density at radius 1 is 0.923 bits per heavy atom. The number of ether oxygens (including phenoxy) is 2. The van der Waals surface area contributed by atoms with Crippen LogP contribution in [-0.2, 0) is 16.6 Å². The van der Waals surface area contributed by atoms with Crippen molar-refractivity contribution in [3.05, 3.63) is 114 Å². The van der Waals surface area contributed by atoms with Gasteiger partial charge in [0.2, 0.25) is 0 Å². The maximum absolute atomic E-state index is 13.9. The van der Waals surface area contributed by atoms with Gasteiger partial charge in [0, 0.05) is 0 Å². The molecule has 0 spiro atoms. The van der Waals surface area contributed by atoms with Gasteiger partial charge in [-0.05, 0) is 65.7 Å². The predicted octanol–water partition coefficient (Wildman–Crippen LogP) is 4.57. The van der Waals surface area contributed by atoms with Gasteiger partial charge >= 0.3 is 0 Å². The van der Waals surface area contributed by atoms with Gasteiger partial charge < -0.3 is 14.6 Å². The summed E-state index contributed by atoms with van der Waals surface area (Å²) in [7, 11) is -1.16. The fourth-order valence-electron chi connectivity index (χ4n) is 3.81. The van der Waals surface area contributed by atoms with Crippen LogP contribution in [0.4, 0.5) is 5.69 Å². The number of para-hydroxylation sites is 1. The molecule has 0 saturated heterocycles. The summed E-state index contributed by atoms with van der Waals surface area (Å²) in [5, 5.41) is 13.8. The summed E-state index contributed by atoms with van der Waals surface area (Å²) < 4.78 is 39.2. The number of nitrogens with one attached hydrogen (secondary N) is 1. The number of hydrogen-bond acceptors (Lipinski definition) is 7. The SMILES string of the molecule is COc1ccc(S(=O)(=O)N(Cc2ccccc2)c2ccccc2C(=O)N/N=C\c2ccc(O)c(OC)c2)cc1. The van der Waals surface area contributed by atoms with Gasteiger partial charge in [0.05, 0.1) is 43.1 Å². The highest BCUT2D eigenvalue weighted by Gasteiger charge is 2.28. The van der Waals surface area contributed by atoms with Crippen molar-refractivity contribution in [3.63, 3.8) is 0 Å². The van der Waals surface area contributed by atoms with Crippen LogP contribution in [0.5, 0.6) is 17.2 Å². The van der Waals surface area contributed by atoms with Gasteiger partial charge in [-0.25, -0.2) is 13.8 Å². The molecule has 39 heavy (non-hydrogen) atoms. The Bertz CT molecular complexity index is 1570. The van der Waals surface area contributed by atoms with Gasteiger partial charge in [0.25, 0.3) is 15.9 Å². The molecule has 1 amide bonds. The van der Waals surface area contributed by atoms with Crippen LogP contribution in [0, 0.1) is 0 Å². The van der Waals surface area contributed by atoms with E-state index in [1.807, 2.05) is 30.3 Å². The van der Waals surface area contributed by atoms with E-state index in [2.05, 4.69) is 10.5 Å². The maximum atomic E-state index is 13.9. The average molecular weight is 546 g/mol. The molecule has 9 nitrogen and oxygen atoms in total. The number of methoxy groups -OCH3 is 2. The van der Waals surface area contributed by atoms with Crippen LogP contribution in [0.1, 0.15) is 21.5 Å². The molecule has 0 aromatic heterocycles. The number of hydrogen-bond donors (Lipinski definition) is 2. The predicted molar refractivity (Wildman–Crippen MR) is 149 cm³/mol. The molecule has 2 N–H and O–H groups in total. The standard InChI is InChI=1S/C29H27N3O6S/c1-37-23-13-15-24(16-14-23)39(35,36)32(20-21-8-4-3-5-9-21)26-11-7-6-10-25(26)29(34)31-30-19-22-12-17-27(33)28(18-22)38-2/h3-19,33H,20H2,1-2H3,(H,31,34)/b30-19-. The number of phenolic OH excluding ortho intramolecular Hbond substituents is 1. The minimum atomic E-state index is -4.09. The number of carbonyl (C=O) groups is 1. The highest BCUT2D eigenvalue weighted by molar-refractivity contribution is 7.92. The quantitative estimate of drug-likeness (QED) is 0.223. The highest BCUT2D eigenvalue weighted by Crippen LogP contribution is 2.30. The number of anilines is 1. The average Bonchev–Trinajstić information content (AvgIpc) is 2.97. The van der Waals surface area contributed by atoms with Crippen LogP contribution in [0.15, 0.2) is 107 Å². The van der Waals surface area contributed by atoms with Crippen molar-refractivity contribution in [2.45, 2.75) is 11.4 Å². The summed E-state index contributed by atoms with van der Waals surface area (Å²) in [6.07, 6.45) is 1.39. The summed E-state index contributed by atoms with van der Waals surface area (Å²) in [6, 6.07) is 26.2. The largest absolute Gasteiger partial charge is 0.504 e. The number of rotatable bonds is 10. The lowest BCUT2D eigenvalue weighted by atomic mass is 10.1. The van der Waals surface area contributed by atoms with Crippen molar-refractivity contribution in [2.24, 2.45) is 5.10 Å². The third-order valence-corrected chi connectivity index (χ3v) is 7.59. The number of hydrazone groups is 1. The summed E-state index contributed by atoms with van der Waals surface area (Å²) in [5.74, 6) is 0.156. The van der Waals surface area contributed by atoms with Crippen molar-refractivity contribution < 1.29 is 27.8 Å². The van der Waals surface area contributed by atoms with Crippen LogP contribution in [0.2, 0.25) is 0 Å². The van der Waals surface area contributed by atoms with E-state index in [4.69, 9.17) is 9.47 Å². The van der Waals surface area contributed by atoms with Crippen molar-refractivity contribution in [3.8, 4) is 17.2 Å². The zero-order valence-corrected chi connectivity index (χ0v) is 22.1. The lowest BCUT2D eigenvalue weighted by Gasteiger charge is -2.26. The lowest BCUT2D eigenvalue weighted by Crippen LogP contribution is -2.33. The number of phenols is 1. The molecule has 0 heterocycles. The van der Waals surface area contributed by atoms with E-state index >= 15 is 0 Å². The minimum Gasteiger partial charge on any atom is -0.504 e. The molecule has 0 aliphatic carbocycles. The van der Waals surface area contributed by atoms with E-state index in [0.29, 0.717) is 11.3 Å². The third kappa shape index (κ3) is 6.36. The van der Waals surface area contributed by atoms with Crippen molar-refractivity contribution in [2.75, 3.05) is 18.5 Å². The number of benzene rings is 4. The lowest BCUT2D eigenvalue weighted by molar-refractivity contribution is 0.0955. The van der Waals surface area contributed by atoms with Gasteiger partial charge in [-0.2, -0.15) is 5.10 Å². The van der Waals surface area contributed by atoms with Gasteiger partial charge in [0.15, 0.2) is 11.5 Å². The Kier molecular flexibility index (Phi) is 8.47. The second-order valence-corrected chi connectivity index (χ2v) is 10.2. The number of sulfonamides is 1. The molecule has 0 unspecified atom stereocenters. The maximum Gasteiger partial charge on any atom is 0.273 e. The molecule has 0 saturated carbocycles. The first-order valence-corrected chi connectivity index (χ1v) is 13.3. The van der Waals surface area contributed by atoms with Crippen LogP contribution in [0.3, 0.4) is 0 Å². The van der Waals surface area contributed by atoms with E-state index in [-0.39, 0.29) is 34.2 Å². The molecule has 0 fully saturated rings. The Labute approximate surface area is 227 Å². The second-order valence-electron chi connectivity index (χ2n) is 8.32. The highest BCUT2D eigenvalue weighted by atomic mass is 32.2. The zero-order chi connectivity index (χ0) is 27.8. The Balaban J connectivity index is 1.68. The smallest absolute Gasteiger partial charge is 0.273 e. The zero-order valence-electron chi connectivity index (χ0n) is 21.3. The molecule has 0 aliphatic rings. The van der Waals surface area contributed by atoms with Crippen LogP contribution in [0.25, 0.3) is 0 Å². The van der Waals surface area contributed by atoms with Crippen LogP contribution < -0.4 is 19.2 Å². The molecule has 4 aromatic carbocycles. The van der Waals surface area contributed by atoms with Crippen molar-refractivity contribution >= 4 is 27.8 Å². The van der Waals surface area contributed by atoms with Gasteiger partial charge in [-0.1, -0.05) is 42.5 Å². The van der Waals surface area contributed by atoms with Crippen LogP contribution in [-0.4, -0.2) is 39.9 Å². The van der Waals surface area contributed by atoms with E-state index in [0.717, 1.165) is 5.56 Å². The molecule has 10 heteroatoms. The molecule has 200 valence electrons. The second kappa shape index (κ2) is 12.1. The summed E-state index contributed by atoms with van der Waals surface area (Å²) in [6.45, 7) is -0.00390. The van der Waals surface area contributed by atoms with E-state index in [1.165, 1.54) is 49.0 Å². The topological polar surface area (TPSA) is 118 Å². The Hall–Kier alpha value is -4.83. The van der Waals surface area contributed by atoms with Gasteiger partial charge in [0.1, 0.15) is 5.75 Å². The first-order chi connectivity index (χ1) is 18.8. The molecule has 0 radical (unpaired) electrons. The number of aromatic hydroxyl groups is 1. The Morgan fingerprint density at radius 3 is 2.31 bits per heavy atom. The first kappa shape index (κ1) is 27.2. The fraction of sp³-hybridized carbons (Fsp3) is 0.103.